The number of aromatic nitrogens is 1. The molecule has 0 unspecified atom stereocenters. The number of amides is 1. The number of likely N-dealkylation sites (tertiary alicyclic amines) is 1. The second-order valence-electron chi connectivity index (χ2n) is 11.8. The zero-order valence-corrected chi connectivity index (χ0v) is 26.6. The predicted molar refractivity (Wildman–Crippen MR) is 167 cm³/mol. The van der Waals surface area contributed by atoms with Crippen LogP contribution in [0.5, 0.6) is 5.75 Å². The first-order valence-corrected chi connectivity index (χ1v) is 16.6. The second-order valence-corrected chi connectivity index (χ2v) is 14.1. The van der Waals surface area contributed by atoms with Gasteiger partial charge in [0.25, 0.3) is 5.56 Å². The van der Waals surface area contributed by atoms with E-state index in [-0.39, 0.29) is 53.2 Å². The summed E-state index contributed by atoms with van der Waals surface area (Å²) in [5.74, 6) is -2.83. The van der Waals surface area contributed by atoms with Gasteiger partial charge >= 0.3 is 0 Å². The number of nitrogens with zero attached hydrogens (tertiary/aromatic N) is 4. The molecule has 0 saturated carbocycles. The number of aromatic hydroxyl groups is 1. The Balaban J connectivity index is 1.90. The topological polar surface area (TPSA) is 103 Å². The van der Waals surface area contributed by atoms with Crippen LogP contribution in [0.3, 0.4) is 0 Å². The molecule has 2 aromatic carbocycles. The van der Waals surface area contributed by atoms with Crippen molar-refractivity contribution in [1.29, 1.82) is 0 Å². The van der Waals surface area contributed by atoms with E-state index in [1.54, 1.807) is 23.6 Å². The van der Waals surface area contributed by atoms with Gasteiger partial charge in [-0.05, 0) is 64.6 Å². The Morgan fingerprint density at radius 1 is 1.18 bits per heavy atom. The van der Waals surface area contributed by atoms with E-state index < -0.39 is 60.9 Å². The maximum absolute atomic E-state index is 17.0. The van der Waals surface area contributed by atoms with Gasteiger partial charge in [0.1, 0.15) is 11.6 Å². The van der Waals surface area contributed by atoms with E-state index in [9.17, 15) is 23.1 Å². The first-order valence-electron chi connectivity index (χ1n) is 14.3. The number of rotatable bonds is 6. The quantitative estimate of drug-likeness (QED) is 0.395. The SMILES string of the molecule is C=CC(=O)N1C[C@H](C)N(c2c(S(C)(=O)=O)c(=O)n(C[C@@H]3CCCN3C)c3c(F)c(-c4c(O)cccc4F)c(Cl)cc23)C[C@H]1C. The molecule has 0 spiro atoms. The lowest BCUT2D eigenvalue weighted by molar-refractivity contribution is -0.128. The van der Waals surface area contributed by atoms with E-state index in [1.165, 1.54) is 24.3 Å². The van der Waals surface area contributed by atoms with Crippen LogP contribution in [-0.2, 0) is 21.2 Å². The van der Waals surface area contributed by atoms with E-state index >= 15 is 8.78 Å². The van der Waals surface area contributed by atoms with Crippen LogP contribution in [0.1, 0.15) is 26.7 Å². The Morgan fingerprint density at radius 3 is 2.48 bits per heavy atom. The van der Waals surface area contributed by atoms with Gasteiger partial charge < -0.3 is 24.4 Å². The fraction of sp³-hybridized carbons (Fsp3) is 0.419. The molecule has 2 saturated heterocycles. The summed E-state index contributed by atoms with van der Waals surface area (Å²) >= 11 is 6.65. The van der Waals surface area contributed by atoms with Crippen molar-refractivity contribution in [2.24, 2.45) is 0 Å². The molecule has 44 heavy (non-hydrogen) atoms. The van der Waals surface area contributed by atoms with E-state index in [0.29, 0.717) is 6.42 Å². The molecule has 0 bridgehead atoms. The zero-order valence-electron chi connectivity index (χ0n) is 25.0. The summed E-state index contributed by atoms with van der Waals surface area (Å²) in [6.45, 7) is 8.16. The van der Waals surface area contributed by atoms with Gasteiger partial charge in [-0.2, -0.15) is 0 Å². The van der Waals surface area contributed by atoms with Gasteiger partial charge in [-0.3, -0.25) is 9.59 Å². The number of fused-ring (bicyclic) bond motifs is 1. The third-order valence-electron chi connectivity index (χ3n) is 8.78. The number of pyridine rings is 1. The molecule has 2 aliphatic rings. The molecule has 0 aliphatic carbocycles. The molecule has 1 N–H and O–H groups in total. The van der Waals surface area contributed by atoms with Gasteiger partial charge in [0.15, 0.2) is 20.5 Å². The molecule has 2 fully saturated rings. The maximum atomic E-state index is 17.0. The van der Waals surface area contributed by atoms with Crippen molar-refractivity contribution < 1.29 is 27.1 Å². The van der Waals surface area contributed by atoms with Crippen molar-refractivity contribution in [3.8, 4) is 16.9 Å². The van der Waals surface area contributed by atoms with Crippen LogP contribution in [0.25, 0.3) is 22.0 Å². The molecule has 3 atom stereocenters. The number of likely N-dealkylation sites (N-methyl/N-ethyl adjacent to an activating group) is 1. The highest BCUT2D eigenvalue weighted by Crippen LogP contribution is 2.44. The zero-order chi connectivity index (χ0) is 32.2. The number of phenolic OH excluding ortho intramolecular Hbond substituents is 1. The van der Waals surface area contributed by atoms with Gasteiger partial charge in [-0.25, -0.2) is 17.2 Å². The molecule has 236 valence electrons. The highest BCUT2D eigenvalue weighted by Gasteiger charge is 2.38. The number of carbonyl (C=O) groups is 1. The summed E-state index contributed by atoms with van der Waals surface area (Å²) in [7, 11) is -2.33. The van der Waals surface area contributed by atoms with E-state index in [2.05, 4.69) is 6.58 Å². The van der Waals surface area contributed by atoms with Gasteiger partial charge in [0.2, 0.25) is 5.91 Å². The molecule has 1 aromatic heterocycles. The van der Waals surface area contributed by atoms with Gasteiger partial charge in [-0.1, -0.05) is 24.2 Å². The number of halogens is 3. The van der Waals surface area contributed by atoms with Crippen molar-refractivity contribution in [3.63, 3.8) is 0 Å². The van der Waals surface area contributed by atoms with Crippen molar-refractivity contribution >= 4 is 43.9 Å². The van der Waals surface area contributed by atoms with Crippen LogP contribution < -0.4 is 10.5 Å². The van der Waals surface area contributed by atoms with Crippen LogP contribution in [0.4, 0.5) is 14.5 Å². The molecule has 1 amide bonds. The van der Waals surface area contributed by atoms with E-state index in [4.69, 9.17) is 11.6 Å². The number of benzene rings is 2. The lowest BCUT2D eigenvalue weighted by atomic mass is 9.98. The highest BCUT2D eigenvalue weighted by molar-refractivity contribution is 7.90. The third-order valence-corrected chi connectivity index (χ3v) is 10.2. The molecule has 13 heteroatoms. The van der Waals surface area contributed by atoms with Crippen molar-refractivity contribution in [3.05, 3.63) is 63.9 Å². The van der Waals surface area contributed by atoms with Crippen LogP contribution in [0.15, 0.2) is 46.6 Å². The minimum atomic E-state index is -4.20. The Bertz CT molecular complexity index is 1830. The molecule has 5 rings (SSSR count). The molecule has 0 radical (unpaired) electrons. The van der Waals surface area contributed by atoms with Crippen molar-refractivity contribution in [2.75, 3.05) is 37.8 Å². The first kappa shape index (κ1) is 31.9. The van der Waals surface area contributed by atoms with Crippen LogP contribution >= 0.6 is 11.6 Å². The minimum absolute atomic E-state index is 0.0244. The summed E-state index contributed by atoms with van der Waals surface area (Å²) in [6, 6.07) is 3.75. The maximum Gasteiger partial charge on any atom is 0.272 e. The summed E-state index contributed by atoms with van der Waals surface area (Å²) < 4.78 is 60.0. The number of anilines is 1. The number of carbonyl (C=O) groups excluding carboxylic acids is 1. The van der Waals surface area contributed by atoms with Crippen LogP contribution in [-0.4, -0.2) is 84.9 Å². The Labute approximate surface area is 259 Å². The lowest BCUT2D eigenvalue weighted by Gasteiger charge is -2.45. The third kappa shape index (κ3) is 5.37. The number of hydrogen-bond acceptors (Lipinski definition) is 7. The normalized spacial score (nSPS) is 21.3. The standard InChI is InChI=1S/C31H35ClF2N4O5S/c1-6-24(40)36-14-18(3)37(15-17(36)2)29-20-13-21(32)25(26-22(33)10-7-11-23(26)39)27(34)28(20)38(16-19-9-8-12-35(19)4)31(41)30(29)44(5,42)43/h6-7,10-11,13,17-19,39H,1,8-9,12,14-16H2,2-5H3/t17-,18+,19+/m1/s1. The monoisotopic (exact) mass is 648 g/mol. The van der Waals surface area contributed by atoms with Gasteiger partial charge in [-0.15, -0.1) is 0 Å². The number of sulfone groups is 1. The Hall–Kier alpha value is -3.48. The summed E-state index contributed by atoms with van der Waals surface area (Å²) in [5.41, 5.74) is -2.10. The minimum Gasteiger partial charge on any atom is -0.507 e. The van der Waals surface area contributed by atoms with Gasteiger partial charge in [0, 0.05) is 55.0 Å². The molecule has 3 aromatic rings. The summed E-state index contributed by atoms with van der Waals surface area (Å²) in [5, 5.41) is 10.3. The van der Waals surface area contributed by atoms with E-state index in [0.717, 1.165) is 29.9 Å². The fourth-order valence-electron chi connectivity index (χ4n) is 6.57. The number of phenols is 1. The average Bonchev–Trinajstić information content (AvgIpc) is 3.35. The average molecular weight is 649 g/mol. The van der Waals surface area contributed by atoms with Crippen LogP contribution in [0, 0.1) is 11.6 Å². The van der Waals surface area contributed by atoms with Crippen molar-refractivity contribution in [2.45, 2.75) is 56.3 Å². The largest absolute Gasteiger partial charge is 0.507 e. The Kier molecular flexibility index (Phi) is 8.56. The van der Waals surface area contributed by atoms with Crippen LogP contribution in [0.2, 0.25) is 5.02 Å². The lowest BCUT2D eigenvalue weighted by Crippen LogP contribution is -2.58. The number of piperazine rings is 1. The Morgan fingerprint density at radius 2 is 1.89 bits per heavy atom. The molecule has 3 heterocycles. The van der Waals surface area contributed by atoms with Gasteiger partial charge in [0.05, 0.1) is 21.8 Å². The number of hydrogen-bond donors (Lipinski definition) is 1. The molecule has 2 aliphatic heterocycles. The second kappa shape index (κ2) is 11.8. The molecular formula is C31H35ClF2N4O5S. The molecule has 9 nitrogen and oxygen atoms in total. The smallest absolute Gasteiger partial charge is 0.272 e. The predicted octanol–water partition coefficient (Wildman–Crippen LogP) is 4.42. The first-order chi connectivity index (χ1) is 20.7. The fourth-order valence-corrected chi connectivity index (χ4v) is 7.86. The highest BCUT2D eigenvalue weighted by atomic mass is 35.5. The van der Waals surface area contributed by atoms with Crippen molar-refractivity contribution in [1.82, 2.24) is 14.4 Å². The summed E-state index contributed by atoms with van der Waals surface area (Å²) in [6.07, 6.45) is 3.67. The molecular weight excluding hydrogens is 614 g/mol. The summed E-state index contributed by atoms with van der Waals surface area (Å²) in [4.78, 5) is 31.7. The van der Waals surface area contributed by atoms with E-state index in [1.807, 2.05) is 11.9 Å².